The van der Waals surface area contributed by atoms with Gasteiger partial charge in [0.05, 0.1) is 37.0 Å². The average molecular weight is 423 g/mol. The van der Waals surface area contributed by atoms with Crippen LogP contribution in [0.25, 0.3) is 15.9 Å². The van der Waals surface area contributed by atoms with Gasteiger partial charge in [-0.2, -0.15) is 5.10 Å². The largest absolute Gasteiger partial charge is 0.497 e. The number of nitrogens with zero attached hydrogens (tertiary/aromatic N) is 4. The van der Waals surface area contributed by atoms with Gasteiger partial charge in [-0.1, -0.05) is 0 Å². The van der Waals surface area contributed by atoms with Gasteiger partial charge in [0.1, 0.15) is 27.6 Å². The van der Waals surface area contributed by atoms with Crippen molar-refractivity contribution < 1.29 is 14.3 Å². The summed E-state index contributed by atoms with van der Waals surface area (Å²) in [5, 5.41) is 8.76. The summed E-state index contributed by atoms with van der Waals surface area (Å²) < 4.78 is 12.1. The third kappa shape index (κ3) is 3.84. The van der Waals surface area contributed by atoms with Crippen molar-refractivity contribution in [3.8, 4) is 11.4 Å². The maximum atomic E-state index is 12.2. The summed E-state index contributed by atoms with van der Waals surface area (Å²) in [7, 11) is 1.64. The number of anilines is 1. The molecule has 0 unspecified atom stereocenters. The normalized spacial score (nSPS) is 10.9. The van der Waals surface area contributed by atoms with Gasteiger partial charge in [0.2, 0.25) is 0 Å². The molecule has 9 heteroatoms. The van der Waals surface area contributed by atoms with E-state index in [1.165, 1.54) is 17.7 Å². The molecule has 4 aromatic rings. The highest BCUT2D eigenvalue weighted by atomic mass is 32.1. The first kappa shape index (κ1) is 19.8. The minimum absolute atomic E-state index is 0.331. The predicted molar refractivity (Wildman–Crippen MR) is 116 cm³/mol. The van der Waals surface area contributed by atoms with Crippen molar-refractivity contribution in [3.63, 3.8) is 0 Å². The number of esters is 1. The molecule has 4 rings (SSSR count). The molecular formula is C21H21N5O3S. The first-order chi connectivity index (χ1) is 14.6. The fourth-order valence-corrected chi connectivity index (χ4v) is 4.15. The van der Waals surface area contributed by atoms with Crippen molar-refractivity contribution in [2.45, 2.75) is 20.4 Å². The smallest absolute Gasteiger partial charge is 0.348 e. The molecule has 0 bridgehead atoms. The lowest BCUT2D eigenvalue weighted by Crippen LogP contribution is -2.05. The van der Waals surface area contributed by atoms with Crippen LogP contribution in [0, 0.1) is 6.92 Å². The van der Waals surface area contributed by atoms with E-state index in [4.69, 9.17) is 9.47 Å². The van der Waals surface area contributed by atoms with E-state index in [9.17, 15) is 4.79 Å². The molecule has 3 aromatic heterocycles. The van der Waals surface area contributed by atoms with Crippen LogP contribution >= 0.6 is 11.3 Å². The van der Waals surface area contributed by atoms with Gasteiger partial charge in [-0.3, -0.25) is 0 Å². The predicted octanol–water partition coefficient (Wildman–Crippen LogP) is 3.98. The Morgan fingerprint density at radius 1 is 1.20 bits per heavy atom. The van der Waals surface area contributed by atoms with Gasteiger partial charge in [-0.05, 0) is 49.7 Å². The first-order valence-corrected chi connectivity index (χ1v) is 10.3. The van der Waals surface area contributed by atoms with Gasteiger partial charge in [0.25, 0.3) is 0 Å². The molecule has 0 radical (unpaired) electrons. The maximum Gasteiger partial charge on any atom is 0.348 e. The summed E-state index contributed by atoms with van der Waals surface area (Å²) in [6, 6.07) is 9.63. The molecule has 8 nitrogen and oxygen atoms in total. The fourth-order valence-electron chi connectivity index (χ4n) is 3.11. The highest BCUT2D eigenvalue weighted by Gasteiger charge is 2.20. The molecule has 0 aliphatic heterocycles. The third-order valence-corrected chi connectivity index (χ3v) is 5.79. The van der Waals surface area contributed by atoms with Crippen molar-refractivity contribution in [2.75, 3.05) is 19.0 Å². The van der Waals surface area contributed by atoms with Crippen molar-refractivity contribution in [1.29, 1.82) is 0 Å². The lowest BCUT2D eigenvalue weighted by Gasteiger charge is -2.06. The Hall–Kier alpha value is -3.46. The van der Waals surface area contributed by atoms with E-state index in [-0.39, 0.29) is 5.97 Å². The number of ether oxygens (including phenoxy) is 2. The summed E-state index contributed by atoms with van der Waals surface area (Å²) in [4.78, 5) is 22.2. The topological polar surface area (TPSA) is 91.2 Å². The van der Waals surface area contributed by atoms with Crippen molar-refractivity contribution in [1.82, 2.24) is 19.7 Å². The average Bonchev–Trinajstić information content (AvgIpc) is 3.38. The maximum absolute atomic E-state index is 12.2. The summed E-state index contributed by atoms with van der Waals surface area (Å²) in [5.41, 5.74) is 2.62. The fraction of sp³-hybridized carbons (Fsp3) is 0.238. The van der Waals surface area contributed by atoms with Gasteiger partial charge in [0, 0.05) is 6.20 Å². The molecule has 0 amide bonds. The Labute approximate surface area is 177 Å². The van der Waals surface area contributed by atoms with Crippen molar-refractivity contribution in [3.05, 3.63) is 59.0 Å². The number of benzene rings is 1. The van der Waals surface area contributed by atoms with Crippen LogP contribution in [0.4, 0.5) is 5.82 Å². The second kappa shape index (κ2) is 8.50. The van der Waals surface area contributed by atoms with E-state index in [1.54, 1.807) is 18.7 Å². The Morgan fingerprint density at radius 2 is 2.00 bits per heavy atom. The molecule has 0 aliphatic carbocycles. The SMILES string of the molecule is CCOC(=O)c1sc2ncnc(NCc3ccn(-c4ccc(OC)cc4)n3)c2c1C. The second-order valence-corrected chi connectivity index (χ2v) is 7.48. The minimum atomic E-state index is -0.331. The van der Waals surface area contributed by atoms with E-state index in [0.29, 0.717) is 23.8 Å². The van der Waals surface area contributed by atoms with Crippen molar-refractivity contribution >= 4 is 33.3 Å². The molecule has 154 valence electrons. The molecule has 30 heavy (non-hydrogen) atoms. The Bertz CT molecular complexity index is 1180. The lowest BCUT2D eigenvalue weighted by atomic mass is 10.2. The number of hydrogen-bond donors (Lipinski definition) is 1. The summed E-state index contributed by atoms with van der Waals surface area (Å²) in [6.45, 7) is 4.50. The molecule has 1 N–H and O–H groups in total. The molecule has 0 saturated heterocycles. The number of aromatic nitrogens is 4. The van der Waals surface area contributed by atoms with Gasteiger partial charge in [-0.25, -0.2) is 19.4 Å². The standard InChI is InChI=1S/C21H21N5O3S/c1-4-29-21(27)18-13(2)17-19(23-12-24-20(17)30-18)22-11-14-9-10-26(25-14)15-5-7-16(28-3)8-6-15/h5-10,12H,4,11H2,1-3H3,(H,22,23,24). The number of carbonyl (C=O) groups is 1. The molecule has 0 spiro atoms. The highest BCUT2D eigenvalue weighted by Crippen LogP contribution is 2.33. The second-order valence-electron chi connectivity index (χ2n) is 6.48. The molecule has 3 heterocycles. The zero-order chi connectivity index (χ0) is 21.1. The number of hydrogen-bond acceptors (Lipinski definition) is 8. The van der Waals surface area contributed by atoms with Gasteiger partial charge in [0.15, 0.2) is 0 Å². The van der Waals surface area contributed by atoms with E-state index >= 15 is 0 Å². The zero-order valence-electron chi connectivity index (χ0n) is 16.9. The van der Waals surface area contributed by atoms with Crippen LogP contribution in [0.3, 0.4) is 0 Å². The molecule has 0 fully saturated rings. The Kier molecular flexibility index (Phi) is 5.62. The zero-order valence-corrected chi connectivity index (χ0v) is 17.7. The van der Waals surface area contributed by atoms with Crippen LogP contribution in [-0.4, -0.2) is 39.4 Å². The first-order valence-electron chi connectivity index (χ1n) is 9.44. The summed E-state index contributed by atoms with van der Waals surface area (Å²) in [6.07, 6.45) is 3.40. The third-order valence-electron chi connectivity index (χ3n) is 4.61. The Morgan fingerprint density at radius 3 is 2.73 bits per heavy atom. The molecule has 0 atom stereocenters. The molecule has 0 saturated carbocycles. The minimum Gasteiger partial charge on any atom is -0.497 e. The van der Waals surface area contributed by atoms with Crippen LogP contribution in [0.15, 0.2) is 42.9 Å². The number of thiophene rings is 1. The van der Waals surface area contributed by atoms with Crippen LogP contribution < -0.4 is 10.1 Å². The number of rotatable bonds is 7. The lowest BCUT2D eigenvalue weighted by molar-refractivity contribution is 0.0531. The number of nitrogens with one attached hydrogen (secondary N) is 1. The van der Waals surface area contributed by atoms with E-state index in [0.717, 1.165) is 32.9 Å². The van der Waals surface area contributed by atoms with Gasteiger partial charge in [-0.15, -0.1) is 11.3 Å². The number of aryl methyl sites for hydroxylation is 1. The number of carbonyl (C=O) groups excluding carboxylic acids is 1. The summed E-state index contributed by atoms with van der Waals surface area (Å²) in [5.74, 6) is 1.14. The molecule has 0 aliphatic rings. The quantitative estimate of drug-likeness (QED) is 0.450. The number of fused-ring (bicyclic) bond motifs is 1. The summed E-state index contributed by atoms with van der Waals surface area (Å²) >= 11 is 1.32. The van der Waals surface area contributed by atoms with Crippen LogP contribution in [-0.2, 0) is 11.3 Å². The highest BCUT2D eigenvalue weighted by molar-refractivity contribution is 7.20. The molecule has 1 aromatic carbocycles. The monoisotopic (exact) mass is 423 g/mol. The van der Waals surface area contributed by atoms with E-state index < -0.39 is 0 Å². The van der Waals surface area contributed by atoms with Gasteiger partial charge < -0.3 is 14.8 Å². The van der Waals surface area contributed by atoms with Crippen LogP contribution in [0.1, 0.15) is 27.9 Å². The Balaban J connectivity index is 1.54. The molecular weight excluding hydrogens is 402 g/mol. The van der Waals surface area contributed by atoms with Crippen LogP contribution in [0.5, 0.6) is 5.75 Å². The van der Waals surface area contributed by atoms with Gasteiger partial charge >= 0.3 is 5.97 Å². The van der Waals surface area contributed by atoms with E-state index in [1.807, 2.05) is 43.5 Å². The van der Waals surface area contributed by atoms with Crippen LogP contribution in [0.2, 0.25) is 0 Å². The van der Waals surface area contributed by atoms with E-state index in [2.05, 4.69) is 20.4 Å². The number of methoxy groups -OCH3 is 1. The van der Waals surface area contributed by atoms with Crippen molar-refractivity contribution in [2.24, 2.45) is 0 Å².